The topological polar surface area (TPSA) is 36.3 Å². The molecule has 1 saturated heterocycles. The average molecular weight is 161 g/mol. The second-order valence-electron chi connectivity index (χ2n) is 4.94. The highest BCUT2D eigenvalue weighted by Crippen LogP contribution is 2.81. The van der Waals surface area contributed by atoms with Crippen LogP contribution in [0.1, 0.15) is 19.3 Å². The van der Waals surface area contributed by atoms with Crippen molar-refractivity contribution in [2.45, 2.75) is 31.5 Å². The van der Waals surface area contributed by atoms with Gasteiger partial charge in [-0.1, -0.05) is 0 Å². The molecule has 0 radical (unpaired) electrons. The summed E-state index contributed by atoms with van der Waals surface area (Å²) in [5.74, 6) is 2.00. The standard InChI is InChI=1S/C10H11NO/c11-4-5-1-6-3-10(6)7(2-5)8-9(10)12-8/h5-9H,1-3H2. The zero-order valence-corrected chi connectivity index (χ0v) is 6.86. The Kier molecular flexibility index (Phi) is 0.719. The highest BCUT2D eigenvalue weighted by Gasteiger charge is 2.83. The molecule has 0 amide bonds. The maximum atomic E-state index is 8.86. The van der Waals surface area contributed by atoms with Gasteiger partial charge in [-0.15, -0.1) is 0 Å². The molecule has 62 valence electrons. The minimum atomic E-state index is 0.348. The summed E-state index contributed by atoms with van der Waals surface area (Å²) >= 11 is 0. The number of rotatable bonds is 0. The van der Waals surface area contributed by atoms with Crippen LogP contribution in [-0.4, -0.2) is 12.2 Å². The molecule has 6 atom stereocenters. The van der Waals surface area contributed by atoms with Crippen LogP contribution in [0, 0.1) is 34.5 Å². The molecule has 2 heteroatoms. The molecule has 3 aliphatic carbocycles. The van der Waals surface area contributed by atoms with Gasteiger partial charge >= 0.3 is 0 Å². The number of ether oxygens (including phenoxy) is 1. The second-order valence-corrected chi connectivity index (χ2v) is 4.94. The molecule has 4 rings (SSSR count). The molecule has 0 bridgehead atoms. The van der Waals surface area contributed by atoms with Crippen molar-refractivity contribution in [3.63, 3.8) is 0 Å². The van der Waals surface area contributed by atoms with Gasteiger partial charge in [-0.05, 0) is 31.1 Å². The van der Waals surface area contributed by atoms with Crippen LogP contribution in [0.4, 0.5) is 0 Å². The summed E-state index contributed by atoms with van der Waals surface area (Å²) in [6.07, 6.45) is 4.91. The molecule has 1 heterocycles. The van der Waals surface area contributed by atoms with Gasteiger partial charge in [0.2, 0.25) is 0 Å². The summed E-state index contributed by atoms with van der Waals surface area (Å²) in [6, 6.07) is 2.43. The number of nitrogens with zero attached hydrogens (tertiary/aromatic N) is 1. The highest BCUT2D eigenvalue weighted by molar-refractivity contribution is 5.31. The first-order valence-electron chi connectivity index (χ1n) is 4.91. The third-order valence-corrected chi connectivity index (χ3v) is 4.63. The van der Waals surface area contributed by atoms with Gasteiger partial charge in [0.15, 0.2) is 0 Å². The van der Waals surface area contributed by atoms with Gasteiger partial charge in [0.05, 0.1) is 18.3 Å². The van der Waals surface area contributed by atoms with Crippen molar-refractivity contribution in [2.24, 2.45) is 23.2 Å². The van der Waals surface area contributed by atoms with Crippen LogP contribution in [-0.2, 0) is 4.74 Å². The van der Waals surface area contributed by atoms with Crippen LogP contribution >= 0.6 is 0 Å². The zero-order valence-electron chi connectivity index (χ0n) is 6.86. The van der Waals surface area contributed by atoms with Gasteiger partial charge in [-0.2, -0.15) is 5.26 Å². The molecule has 2 nitrogen and oxygen atoms in total. The summed E-state index contributed by atoms with van der Waals surface area (Å²) in [6.45, 7) is 0. The summed E-state index contributed by atoms with van der Waals surface area (Å²) < 4.78 is 5.60. The van der Waals surface area contributed by atoms with Gasteiger partial charge < -0.3 is 4.74 Å². The van der Waals surface area contributed by atoms with Crippen molar-refractivity contribution in [2.75, 3.05) is 0 Å². The molecular weight excluding hydrogens is 150 g/mol. The van der Waals surface area contributed by atoms with Crippen molar-refractivity contribution < 1.29 is 4.74 Å². The van der Waals surface area contributed by atoms with E-state index >= 15 is 0 Å². The summed E-state index contributed by atoms with van der Waals surface area (Å²) in [5.41, 5.74) is 0.623. The van der Waals surface area contributed by atoms with Crippen LogP contribution in [0.15, 0.2) is 0 Å². The Balaban J connectivity index is 1.69. The molecule has 0 N–H and O–H groups in total. The lowest BCUT2D eigenvalue weighted by molar-refractivity contribution is 0.120. The normalized spacial score (nSPS) is 69.4. The molecular formula is C10H11NO. The van der Waals surface area contributed by atoms with E-state index in [2.05, 4.69) is 6.07 Å². The first kappa shape index (κ1) is 5.99. The number of epoxide rings is 1. The number of fused-ring (bicyclic) bond motifs is 2. The number of hydrogen-bond acceptors (Lipinski definition) is 2. The maximum Gasteiger partial charge on any atom is 0.0907 e. The average Bonchev–Trinajstić information content (AvgIpc) is 2.93. The van der Waals surface area contributed by atoms with Crippen molar-refractivity contribution in [1.29, 1.82) is 5.26 Å². The highest BCUT2D eigenvalue weighted by atomic mass is 16.6. The van der Waals surface area contributed by atoms with Crippen molar-refractivity contribution >= 4 is 0 Å². The Labute approximate surface area is 71.5 Å². The van der Waals surface area contributed by atoms with Gasteiger partial charge in [-0.25, -0.2) is 0 Å². The molecule has 1 spiro atoms. The van der Waals surface area contributed by atoms with Crippen molar-refractivity contribution in [1.82, 2.24) is 0 Å². The van der Waals surface area contributed by atoms with E-state index in [0.29, 0.717) is 23.5 Å². The third-order valence-electron chi connectivity index (χ3n) is 4.63. The summed E-state index contributed by atoms with van der Waals surface area (Å²) in [7, 11) is 0. The minimum absolute atomic E-state index is 0.348. The fourth-order valence-electron chi connectivity index (χ4n) is 3.94. The Bertz CT molecular complexity index is 307. The lowest BCUT2D eigenvalue weighted by atomic mass is 9.61. The third kappa shape index (κ3) is 0.412. The number of nitriles is 1. The number of hydrogen-bond donors (Lipinski definition) is 0. The van der Waals surface area contributed by atoms with E-state index in [1.807, 2.05) is 0 Å². The Morgan fingerprint density at radius 2 is 2.33 bits per heavy atom. The van der Waals surface area contributed by atoms with Crippen LogP contribution in [0.5, 0.6) is 0 Å². The van der Waals surface area contributed by atoms with Crippen LogP contribution in [0.3, 0.4) is 0 Å². The maximum absolute atomic E-state index is 8.86. The van der Waals surface area contributed by atoms with Gasteiger partial charge in [-0.3, -0.25) is 0 Å². The quantitative estimate of drug-likeness (QED) is 0.502. The van der Waals surface area contributed by atoms with Gasteiger partial charge in [0.25, 0.3) is 0 Å². The first-order valence-corrected chi connectivity index (χ1v) is 4.91. The van der Waals surface area contributed by atoms with Crippen LogP contribution in [0.2, 0.25) is 0 Å². The molecule has 12 heavy (non-hydrogen) atoms. The molecule has 1 aliphatic heterocycles. The predicted octanol–water partition coefficient (Wildman–Crippen LogP) is 1.32. The van der Waals surface area contributed by atoms with E-state index in [4.69, 9.17) is 10.00 Å². The van der Waals surface area contributed by atoms with E-state index in [1.54, 1.807) is 0 Å². The molecule has 0 aromatic heterocycles. The molecule has 3 saturated carbocycles. The predicted molar refractivity (Wildman–Crippen MR) is 41.0 cm³/mol. The SMILES string of the molecule is N#CC1CC2CC23C(C1)C1OC13. The van der Waals surface area contributed by atoms with Gasteiger partial charge in [0, 0.05) is 11.3 Å². The molecule has 6 unspecified atom stereocenters. The molecule has 0 aromatic carbocycles. The molecule has 4 fully saturated rings. The fraction of sp³-hybridized carbons (Fsp3) is 0.900. The lowest BCUT2D eigenvalue weighted by Gasteiger charge is -2.38. The Morgan fingerprint density at radius 3 is 3.17 bits per heavy atom. The molecule has 0 aromatic rings. The van der Waals surface area contributed by atoms with E-state index in [0.717, 1.165) is 18.3 Å². The first-order chi connectivity index (χ1) is 5.86. The molecule has 4 aliphatic rings. The smallest absolute Gasteiger partial charge is 0.0907 e. The summed E-state index contributed by atoms with van der Waals surface area (Å²) in [4.78, 5) is 0. The monoisotopic (exact) mass is 161 g/mol. The van der Waals surface area contributed by atoms with Crippen LogP contribution < -0.4 is 0 Å². The van der Waals surface area contributed by atoms with E-state index in [1.165, 1.54) is 12.8 Å². The van der Waals surface area contributed by atoms with Crippen molar-refractivity contribution in [3.05, 3.63) is 0 Å². The Hall–Kier alpha value is -0.550. The zero-order chi connectivity index (χ0) is 7.92. The largest absolute Gasteiger partial charge is 0.369 e. The van der Waals surface area contributed by atoms with Crippen molar-refractivity contribution in [3.8, 4) is 6.07 Å². The lowest BCUT2D eigenvalue weighted by Crippen LogP contribution is -2.44. The van der Waals surface area contributed by atoms with Gasteiger partial charge in [0.1, 0.15) is 0 Å². The van der Waals surface area contributed by atoms with Crippen LogP contribution in [0.25, 0.3) is 0 Å². The Morgan fingerprint density at radius 1 is 1.42 bits per heavy atom. The minimum Gasteiger partial charge on any atom is -0.369 e. The van der Waals surface area contributed by atoms with E-state index in [-0.39, 0.29) is 0 Å². The fourth-order valence-corrected chi connectivity index (χ4v) is 3.94. The second kappa shape index (κ2) is 1.44. The van der Waals surface area contributed by atoms with E-state index < -0.39 is 0 Å². The van der Waals surface area contributed by atoms with E-state index in [9.17, 15) is 0 Å². The summed E-state index contributed by atoms with van der Waals surface area (Å²) in [5, 5.41) is 8.86.